The Hall–Kier alpha value is -1.05. The largest absolute Gasteiger partial charge is 0.467 e. The van der Waals surface area contributed by atoms with Crippen LogP contribution >= 0.6 is 11.6 Å². The summed E-state index contributed by atoms with van der Waals surface area (Å²) in [5.74, 6) is 0.365. The van der Waals surface area contributed by atoms with E-state index in [-0.39, 0.29) is 30.0 Å². The van der Waals surface area contributed by atoms with Crippen LogP contribution in [0.5, 0.6) is 0 Å². The van der Waals surface area contributed by atoms with E-state index in [1.807, 2.05) is 0 Å². The summed E-state index contributed by atoms with van der Waals surface area (Å²) in [6.07, 6.45) is 1.53. The fourth-order valence-electron chi connectivity index (χ4n) is 1.88. The van der Waals surface area contributed by atoms with E-state index in [0.717, 1.165) is 0 Å². The highest BCUT2D eigenvalue weighted by Gasteiger charge is 2.36. The van der Waals surface area contributed by atoms with Gasteiger partial charge in [-0.15, -0.1) is 11.6 Å². The van der Waals surface area contributed by atoms with Gasteiger partial charge in [-0.1, -0.05) is 0 Å². The van der Waals surface area contributed by atoms with Crippen molar-refractivity contribution in [3.05, 3.63) is 24.2 Å². The number of hydrogen-bond acceptors (Lipinski definition) is 5. The molecule has 2 heterocycles. The molecule has 1 fully saturated rings. The third-order valence-electron chi connectivity index (χ3n) is 2.85. The number of furan rings is 1. The standard InChI is InChI=1S/C11H15ClN2O4S/c12-9-6-19(16,17)7-10(9)13-5-11(15)14-4-8-2-1-3-18-8/h1-3,9-10,13H,4-7H2,(H,14,15). The Morgan fingerprint density at radius 3 is 2.84 bits per heavy atom. The van der Waals surface area contributed by atoms with E-state index >= 15 is 0 Å². The van der Waals surface area contributed by atoms with Crippen molar-refractivity contribution in [2.75, 3.05) is 18.1 Å². The third kappa shape index (κ3) is 4.22. The molecule has 6 nitrogen and oxygen atoms in total. The van der Waals surface area contributed by atoms with Gasteiger partial charge >= 0.3 is 0 Å². The SMILES string of the molecule is O=C(CNC1CS(=O)(=O)CC1Cl)NCc1ccco1. The highest BCUT2D eigenvalue weighted by atomic mass is 35.5. The first-order valence-corrected chi connectivity index (χ1v) is 8.09. The number of alkyl halides is 1. The van der Waals surface area contributed by atoms with E-state index < -0.39 is 15.2 Å². The van der Waals surface area contributed by atoms with Crippen LogP contribution in [0.3, 0.4) is 0 Å². The lowest BCUT2D eigenvalue weighted by Crippen LogP contribution is -2.42. The maximum Gasteiger partial charge on any atom is 0.234 e. The lowest BCUT2D eigenvalue weighted by atomic mass is 10.2. The molecule has 2 N–H and O–H groups in total. The minimum atomic E-state index is -3.08. The average Bonchev–Trinajstić information content (AvgIpc) is 2.91. The normalized spacial score (nSPS) is 25.3. The molecule has 106 valence electrons. The molecule has 19 heavy (non-hydrogen) atoms. The monoisotopic (exact) mass is 306 g/mol. The molecule has 0 aromatic carbocycles. The van der Waals surface area contributed by atoms with E-state index in [9.17, 15) is 13.2 Å². The molecule has 1 saturated heterocycles. The summed E-state index contributed by atoms with van der Waals surface area (Å²) >= 11 is 5.92. The van der Waals surface area contributed by atoms with Crippen LogP contribution in [-0.4, -0.2) is 43.8 Å². The predicted octanol–water partition coefficient (Wildman–Crippen LogP) is -0.110. The Kier molecular flexibility index (Phi) is 4.49. The molecule has 1 aliphatic rings. The summed E-state index contributed by atoms with van der Waals surface area (Å²) < 4.78 is 27.8. The zero-order valence-electron chi connectivity index (χ0n) is 10.1. The highest BCUT2D eigenvalue weighted by molar-refractivity contribution is 7.91. The molecule has 1 aromatic rings. The number of carbonyl (C=O) groups is 1. The molecular formula is C11H15ClN2O4S. The lowest BCUT2D eigenvalue weighted by Gasteiger charge is -2.13. The van der Waals surface area contributed by atoms with Crippen molar-refractivity contribution in [3.63, 3.8) is 0 Å². The Balaban J connectivity index is 1.72. The Morgan fingerprint density at radius 2 is 2.26 bits per heavy atom. The van der Waals surface area contributed by atoms with E-state index in [1.165, 1.54) is 6.26 Å². The molecular weight excluding hydrogens is 292 g/mol. The van der Waals surface area contributed by atoms with Crippen LogP contribution in [-0.2, 0) is 21.2 Å². The van der Waals surface area contributed by atoms with Gasteiger partial charge in [0, 0.05) is 6.04 Å². The van der Waals surface area contributed by atoms with Crippen molar-refractivity contribution < 1.29 is 17.6 Å². The van der Waals surface area contributed by atoms with Gasteiger partial charge in [0.05, 0.1) is 36.2 Å². The first-order chi connectivity index (χ1) is 8.96. The van der Waals surface area contributed by atoms with Crippen LogP contribution in [0.2, 0.25) is 0 Å². The van der Waals surface area contributed by atoms with Crippen molar-refractivity contribution in [2.24, 2.45) is 0 Å². The number of nitrogens with one attached hydrogen (secondary N) is 2. The zero-order valence-corrected chi connectivity index (χ0v) is 11.7. The molecule has 2 atom stereocenters. The minimum absolute atomic E-state index is 0.0212. The second-order valence-electron chi connectivity index (χ2n) is 4.44. The fraction of sp³-hybridized carbons (Fsp3) is 0.545. The van der Waals surface area contributed by atoms with Gasteiger partial charge in [-0.2, -0.15) is 0 Å². The average molecular weight is 307 g/mol. The molecule has 2 rings (SSSR count). The molecule has 1 amide bonds. The van der Waals surface area contributed by atoms with E-state index in [0.29, 0.717) is 12.3 Å². The van der Waals surface area contributed by atoms with Gasteiger partial charge in [-0.3, -0.25) is 4.79 Å². The first kappa shape index (κ1) is 14.4. The number of halogens is 1. The Labute approximate surface area is 116 Å². The summed E-state index contributed by atoms with van der Waals surface area (Å²) in [6.45, 7) is 0.338. The van der Waals surface area contributed by atoms with Crippen LogP contribution in [0.4, 0.5) is 0 Å². The van der Waals surface area contributed by atoms with E-state index in [4.69, 9.17) is 16.0 Å². The molecule has 1 aromatic heterocycles. The van der Waals surface area contributed by atoms with E-state index in [1.54, 1.807) is 12.1 Å². The van der Waals surface area contributed by atoms with Crippen molar-refractivity contribution in [1.29, 1.82) is 0 Å². The molecule has 1 aliphatic heterocycles. The predicted molar refractivity (Wildman–Crippen MR) is 70.6 cm³/mol. The molecule has 2 unspecified atom stereocenters. The van der Waals surface area contributed by atoms with Gasteiger partial charge in [0.25, 0.3) is 0 Å². The number of amides is 1. The van der Waals surface area contributed by atoms with Gasteiger partial charge in [-0.05, 0) is 12.1 Å². The topological polar surface area (TPSA) is 88.4 Å². The van der Waals surface area contributed by atoms with Gasteiger partial charge < -0.3 is 15.1 Å². The van der Waals surface area contributed by atoms with Gasteiger partial charge in [0.2, 0.25) is 5.91 Å². The number of sulfone groups is 1. The van der Waals surface area contributed by atoms with Crippen LogP contribution < -0.4 is 10.6 Å². The molecule has 0 radical (unpaired) electrons. The third-order valence-corrected chi connectivity index (χ3v) is 5.22. The first-order valence-electron chi connectivity index (χ1n) is 5.83. The van der Waals surface area contributed by atoms with Crippen LogP contribution in [0.1, 0.15) is 5.76 Å². The van der Waals surface area contributed by atoms with E-state index in [2.05, 4.69) is 10.6 Å². The Morgan fingerprint density at radius 1 is 1.47 bits per heavy atom. The van der Waals surface area contributed by atoms with Crippen LogP contribution in [0.25, 0.3) is 0 Å². The number of carbonyl (C=O) groups excluding carboxylic acids is 1. The number of hydrogen-bond donors (Lipinski definition) is 2. The van der Waals surface area contributed by atoms with Gasteiger partial charge in [0.1, 0.15) is 5.76 Å². The summed E-state index contributed by atoms with van der Waals surface area (Å²) in [6, 6.07) is 3.12. The fourth-order valence-corrected chi connectivity index (χ4v) is 4.49. The molecule has 0 aliphatic carbocycles. The van der Waals surface area contributed by atoms with Crippen LogP contribution in [0.15, 0.2) is 22.8 Å². The highest BCUT2D eigenvalue weighted by Crippen LogP contribution is 2.17. The van der Waals surface area contributed by atoms with Crippen LogP contribution in [0, 0.1) is 0 Å². The Bertz CT molecular complexity index is 529. The van der Waals surface area contributed by atoms with Crippen molar-refractivity contribution in [2.45, 2.75) is 18.0 Å². The second-order valence-corrected chi connectivity index (χ2v) is 7.15. The second kappa shape index (κ2) is 5.94. The summed E-state index contributed by atoms with van der Waals surface area (Å²) in [5, 5.41) is 5.04. The summed E-state index contributed by atoms with van der Waals surface area (Å²) in [5.41, 5.74) is 0. The van der Waals surface area contributed by atoms with Gasteiger partial charge in [0.15, 0.2) is 9.84 Å². The maximum atomic E-state index is 11.6. The molecule has 0 bridgehead atoms. The van der Waals surface area contributed by atoms with Crippen molar-refractivity contribution >= 4 is 27.3 Å². The van der Waals surface area contributed by atoms with Crippen molar-refractivity contribution in [3.8, 4) is 0 Å². The smallest absolute Gasteiger partial charge is 0.234 e. The van der Waals surface area contributed by atoms with Gasteiger partial charge in [-0.25, -0.2) is 8.42 Å². The summed E-state index contributed by atoms with van der Waals surface area (Å²) in [7, 11) is -3.08. The summed E-state index contributed by atoms with van der Waals surface area (Å²) in [4.78, 5) is 11.6. The molecule has 0 saturated carbocycles. The zero-order chi connectivity index (χ0) is 13.9. The number of rotatable bonds is 5. The quantitative estimate of drug-likeness (QED) is 0.741. The van der Waals surface area contributed by atoms with Crippen molar-refractivity contribution in [1.82, 2.24) is 10.6 Å². The maximum absolute atomic E-state index is 11.6. The molecule has 0 spiro atoms. The minimum Gasteiger partial charge on any atom is -0.467 e. The lowest BCUT2D eigenvalue weighted by molar-refractivity contribution is -0.120. The molecule has 8 heteroatoms.